The molecule has 1 amide bonds. The van der Waals surface area contributed by atoms with Gasteiger partial charge in [0.25, 0.3) is 5.91 Å². The van der Waals surface area contributed by atoms with Gasteiger partial charge in [-0.15, -0.1) is 0 Å². The highest BCUT2D eigenvalue weighted by Gasteiger charge is 2.15. The van der Waals surface area contributed by atoms with Crippen molar-refractivity contribution in [1.82, 2.24) is 4.90 Å². The molecule has 0 saturated heterocycles. The van der Waals surface area contributed by atoms with E-state index in [1.807, 2.05) is 37.8 Å². The van der Waals surface area contributed by atoms with Gasteiger partial charge in [-0.2, -0.15) is 0 Å². The van der Waals surface area contributed by atoms with Gasteiger partial charge in [0, 0.05) is 18.7 Å². The Balaban J connectivity index is 3.06. The SMILES string of the molecule is CCN(CC)C(=O)c1cc(OC)ccc1C. The molecule has 1 aromatic rings. The molecule has 0 radical (unpaired) electrons. The van der Waals surface area contributed by atoms with Gasteiger partial charge in [0.05, 0.1) is 7.11 Å². The number of amides is 1. The minimum Gasteiger partial charge on any atom is -0.497 e. The van der Waals surface area contributed by atoms with Gasteiger partial charge in [0.2, 0.25) is 0 Å². The number of rotatable bonds is 4. The second-order valence-corrected chi connectivity index (χ2v) is 3.66. The van der Waals surface area contributed by atoms with Crippen LogP contribution in [0, 0.1) is 6.92 Å². The maximum atomic E-state index is 12.2. The Bertz CT molecular complexity index is 370. The lowest BCUT2D eigenvalue weighted by Crippen LogP contribution is -2.30. The zero-order valence-corrected chi connectivity index (χ0v) is 10.4. The van der Waals surface area contributed by atoms with Crippen molar-refractivity contribution in [3.8, 4) is 5.75 Å². The molecule has 0 aliphatic carbocycles. The van der Waals surface area contributed by atoms with E-state index in [9.17, 15) is 4.79 Å². The number of benzene rings is 1. The van der Waals surface area contributed by atoms with Crippen molar-refractivity contribution >= 4 is 5.91 Å². The van der Waals surface area contributed by atoms with Crippen LogP contribution >= 0.6 is 0 Å². The maximum absolute atomic E-state index is 12.2. The van der Waals surface area contributed by atoms with Crippen molar-refractivity contribution in [3.63, 3.8) is 0 Å². The van der Waals surface area contributed by atoms with Crippen LogP contribution < -0.4 is 4.74 Å². The minimum atomic E-state index is 0.0707. The number of methoxy groups -OCH3 is 1. The molecule has 0 unspecified atom stereocenters. The van der Waals surface area contributed by atoms with E-state index >= 15 is 0 Å². The lowest BCUT2D eigenvalue weighted by molar-refractivity contribution is 0.0772. The van der Waals surface area contributed by atoms with Gasteiger partial charge in [-0.05, 0) is 38.5 Å². The number of ether oxygens (including phenoxy) is 1. The van der Waals surface area contributed by atoms with Crippen LogP contribution in [-0.2, 0) is 0 Å². The molecule has 88 valence electrons. The smallest absolute Gasteiger partial charge is 0.254 e. The summed E-state index contributed by atoms with van der Waals surface area (Å²) < 4.78 is 5.14. The number of carbonyl (C=O) groups excluding carboxylic acids is 1. The molecule has 0 heterocycles. The average molecular weight is 221 g/mol. The summed E-state index contributed by atoms with van der Waals surface area (Å²) in [5.74, 6) is 0.794. The average Bonchev–Trinajstić information content (AvgIpc) is 2.31. The molecule has 1 rings (SSSR count). The van der Waals surface area contributed by atoms with Crippen molar-refractivity contribution in [2.24, 2.45) is 0 Å². The van der Waals surface area contributed by atoms with Crippen LogP contribution in [0.4, 0.5) is 0 Å². The van der Waals surface area contributed by atoms with Gasteiger partial charge in [-0.25, -0.2) is 0 Å². The predicted molar refractivity (Wildman–Crippen MR) is 65.0 cm³/mol. The summed E-state index contributed by atoms with van der Waals surface area (Å²) in [4.78, 5) is 14.0. The van der Waals surface area contributed by atoms with Crippen LogP contribution in [0.25, 0.3) is 0 Å². The standard InChI is InChI=1S/C13H19NO2/c1-5-14(6-2)13(15)12-9-11(16-4)8-7-10(12)3/h7-9H,5-6H2,1-4H3. The summed E-state index contributed by atoms with van der Waals surface area (Å²) in [5, 5.41) is 0. The fraction of sp³-hybridized carbons (Fsp3) is 0.462. The van der Waals surface area contributed by atoms with E-state index in [0.717, 1.165) is 30.0 Å². The summed E-state index contributed by atoms with van der Waals surface area (Å²) in [6.45, 7) is 7.36. The highest BCUT2D eigenvalue weighted by Crippen LogP contribution is 2.18. The first-order valence-electron chi connectivity index (χ1n) is 5.57. The van der Waals surface area contributed by atoms with Crippen molar-refractivity contribution < 1.29 is 9.53 Å². The van der Waals surface area contributed by atoms with Gasteiger partial charge in [0.1, 0.15) is 5.75 Å². The van der Waals surface area contributed by atoms with Crippen molar-refractivity contribution in [2.45, 2.75) is 20.8 Å². The van der Waals surface area contributed by atoms with Crippen LogP contribution in [0.2, 0.25) is 0 Å². The van der Waals surface area contributed by atoms with Gasteiger partial charge in [-0.3, -0.25) is 4.79 Å². The summed E-state index contributed by atoms with van der Waals surface area (Å²) in [7, 11) is 1.61. The van der Waals surface area contributed by atoms with E-state index in [-0.39, 0.29) is 5.91 Å². The second-order valence-electron chi connectivity index (χ2n) is 3.66. The number of hydrogen-bond donors (Lipinski definition) is 0. The van der Waals surface area contributed by atoms with Crippen molar-refractivity contribution in [1.29, 1.82) is 0 Å². The molecule has 0 aromatic heterocycles. The molecule has 0 saturated carbocycles. The number of nitrogens with zero attached hydrogens (tertiary/aromatic N) is 1. The topological polar surface area (TPSA) is 29.5 Å². The molecule has 0 aliphatic rings. The van der Waals surface area contributed by atoms with Crippen LogP contribution in [0.15, 0.2) is 18.2 Å². The molecule has 3 nitrogen and oxygen atoms in total. The first kappa shape index (κ1) is 12.6. The Kier molecular flexibility index (Phi) is 4.35. The maximum Gasteiger partial charge on any atom is 0.254 e. The van der Waals surface area contributed by atoms with Gasteiger partial charge < -0.3 is 9.64 Å². The Morgan fingerprint density at radius 2 is 1.94 bits per heavy atom. The molecule has 16 heavy (non-hydrogen) atoms. The van der Waals surface area contributed by atoms with Crippen molar-refractivity contribution in [3.05, 3.63) is 29.3 Å². The third kappa shape index (κ3) is 2.54. The zero-order valence-electron chi connectivity index (χ0n) is 10.4. The molecule has 0 N–H and O–H groups in total. The van der Waals surface area contributed by atoms with Crippen molar-refractivity contribution in [2.75, 3.05) is 20.2 Å². The Morgan fingerprint density at radius 3 is 2.44 bits per heavy atom. The lowest BCUT2D eigenvalue weighted by Gasteiger charge is -2.20. The molecule has 3 heteroatoms. The van der Waals surface area contributed by atoms with E-state index in [1.54, 1.807) is 13.2 Å². The zero-order chi connectivity index (χ0) is 12.1. The monoisotopic (exact) mass is 221 g/mol. The summed E-state index contributed by atoms with van der Waals surface area (Å²) in [6.07, 6.45) is 0. The third-order valence-corrected chi connectivity index (χ3v) is 2.73. The molecular weight excluding hydrogens is 202 g/mol. The Morgan fingerprint density at radius 1 is 1.31 bits per heavy atom. The highest BCUT2D eigenvalue weighted by molar-refractivity contribution is 5.96. The summed E-state index contributed by atoms with van der Waals surface area (Å²) >= 11 is 0. The second kappa shape index (κ2) is 5.54. The van der Waals surface area contributed by atoms with Crippen LogP contribution in [-0.4, -0.2) is 31.0 Å². The third-order valence-electron chi connectivity index (χ3n) is 2.73. The first-order valence-corrected chi connectivity index (χ1v) is 5.57. The largest absolute Gasteiger partial charge is 0.497 e. The predicted octanol–water partition coefficient (Wildman–Crippen LogP) is 2.49. The molecule has 0 spiro atoms. The molecule has 1 aromatic carbocycles. The Hall–Kier alpha value is -1.51. The molecule has 0 aliphatic heterocycles. The molecule has 0 bridgehead atoms. The van der Waals surface area contributed by atoms with E-state index in [4.69, 9.17) is 4.74 Å². The quantitative estimate of drug-likeness (QED) is 0.781. The number of hydrogen-bond acceptors (Lipinski definition) is 2. The van der Waals surface area contributed by atoms with E-state index < -0.39 is 0 Å². The molecule has 0 atom stereocenters. The first-order chi connectivity index (χ1) is 7.63. The summed E-state index contributed by atoms with van der Waals surface area (Å²) in [5.41, 5.74) is 1.71. The Labute approximate surface area is 97.0 Å². The number of aryl methyl sites for hydroxylation is 1. The highest BCUT2D eigenvalue weighted by atomic mass is 16.5. The van der Waals surface area contributed by atoms with Crippen LogP contribution in [0.3, 0.4) is 0 Å². The van der Waals surface area contributed by atoms with E-state index in [0.29, 0.717) is 0 Å². The van der Waals surface area contributed by atoms with Crippen LogP contribution in [0.5, 0.6) is 5.75 Å². The van der Waals surface area contributed by atoms with Gasteiger partial charge in [0.15, 0.2) is 0 Å². The number of carbonyl (C=O) groups is 1. The van der Waals surface area contributed by atoms with E-state index in [2.05, 4.69) is 0 Å². The minimum absolute atomic E-state index is 0.0707. The fourth-order valence-corrected chi connectivity index (χ4v) is 1.64. The normalized spacial score (nSPS) is 10.0. The van der Waals surface area contributed by atoms with Gasteiger partial charge >= 0.3 is 0 Å². The van der Waals surface area contributed by atoms with E-state index in [1.165, 1.54) is 0 Å². The molecular formula is C13H19NO2. The lowest BCUT2D eigenvalue weighted by atomic mass is 10.1. The van der Waals surface area contributed by atoms with Crippen LogP contribution in [0.1, 0.15) is 29.8 Å². The summed E-state index contributed by atoms with van der Waals surface area (Å²) in [6, 6.07) is 5.58. The fourth-order valence-electron chi connectivity index (χ4n) is 1.64. The van der Waals surface area contributed by atoms with Gasteiger partial charge in [-0.1, -0.05) is 6.07 Å². The molecule has 0 fully saturated rings.